The third-order valence-electron chi connectivity index (χ3n) is 8.02. The first-order valence-electron chi connectivity index (χ1n) is 14.9. The molecule has 1 saturated heterocycles. The smallest absolute Gasteiger partial charge is 0.192 e. The number of ether oxygens (including phenoxy) is 5. The highest BCUT2D eigenvalue weighted by atomic mass is 28.4. The third kappa shape index (κ3) is 10.5. The molecule has 1 aliphatic rings. The van der Waals surface area contributed by atoms with Gasteiger partial charge in [-0.25, -0.2) is 0 Å². The van der Waals surface area contributed by atoms with Crippen LogP contribution in [0, 0.1) is 0 Å². The zero-order valence-electron chi connectivity index (χ0n) is 26.1. The maximum absolute atomic E-state index is 8.46. The summed E-state index contributed by atoms with van der Waals surface area (Å²) in [5.74, 6) is 0. The van der Waals surface area contributed by atoms with Gasteiger partial charge in [0.05, 0.1) is 19.8 Å². The molecule has 10 heteroatoms. The lowest BCUT2D eigenvalue weighted by atomic mass is 9.98. The van der Waals surface area contributed by atoms with Crippen molar-refractivity contribution < 1.29 is 28.1 Å². The van der Waals surface area contributed by atoms with Gasteiger partial charge in [-0.05, 0) is 47.6 Å². The van der Waals surface area contributed by atoms with Crippen molar-refractivity contribution >= 4 is 8.32 Å². The van der Waals surface area contributed by atoms with E-state index in [0.29, 0.717) is 33.0 Å². The first-order valence-corrected chi connectivity index (χ1v) is 17.8. The van der Waals surface area contributed by atoms with Crippen LogP contribution < -0.4 is 0 Å². The molecule has 1 fully saturated rings. The van der Waals surface area contributed by atoms with Crippen molar-refractivity contribution in [2.75, 3.05) is 26.9 Å². The second kappa shape index (κ2) is 17.1. The number of hydrogen-bond acceptors (Lipinski definition) is 7. The van der Waals surface area contributed by atoms with Gasteiger partial charge in [-0.15, -0.1) is 0 Å². The molecular formula is C32H49N3O6Si. The van der Waals surface area contributed by atoms with Crippen molar-refractivity contribution in [1.29, 1.82) is 0 Å². The fraction of sp³-hybridized carbons (Fsp3) is 0.625. The van der Waals surface area contributed by atoms with Crippen LogP contribution in [0.1, 0.15) is 51.2 Å². The Morgan fingerprint density at radius 3 is 2.00 bits per heavy atom. The number of benzene rings is 2. The van der Waals surface area contributed by atoms with Crippen molar-refractivity contribution in [2.24, 2.45) is 5.11 Å². The fourth-order valence-electron chi connectivity index (χ4n) is 4.57. The van der Waals surface area contributed by atoms with E-state index in [1.807, 2.05) is 48.5 Å². The van der Waals surface area contributed by atoms with E-state index < -0.39 is 39.0 Å². The number of rotatable bonds is 17. The van der Waals surface area contributed by atoms with Crippen LogP contribution >= 0.6 is 0 Å². The molecule has 0 N–H and O–H groups in total. The van der Waals surface area contributed by atoms with Crippen LogP contribution in [0.25, 0.3) is 10.4 Å². The fourth-order valence-corrected chi connectivity index (χ4v) is 5.87. The highest BCUT2D eigenvalue weighted by molar-refractivity contribution is 6.74. The minimum Gasteiger partial charge on any atom is -0.408 e. The Morgan fingerprint density at radius 1 is 0.857 bits per heavy atom. The van der Waals surface area contributed by atoms with Crippen molar-refractivity contribution in [3.05, 3.63) is 82.2 Å². The maximum Gasteiger partial charge on any atom is 0.192 e. The Labute approximate surface area is 252 Å². The lowest BCUT2D eigenvalue weighted by Crippen LogP contribution is -2.64. The molecule has 9 nitrogen and oxygen atoms in total. The number of nitrogens with zero attached hydrogens (tertiary/aromatic N) is 3. The zero-order chi connectivity index (χ0) is 30.4. The molecule has 1 heterocycles. The minimum atomic E-state index is -2.27. The molecule has 42 heavy (non-hydrogen) atoms. The topological polar surface area (TPSA) is 104 Å². The van der Waals surface area contributed by atoms with Gasteiger partial charge >= 0.3 is 0 Å². The molecule has 0 unspecified atom stereocenters. The lowest BCUT2D eigenvalue weighted by Gasteiger charge is -2.49. The first-order chi connectivity index (χ1) is 20.2. The second-order valence-electron chi connectivity index (χ2n) is 12.2. The standard InChI is InChI=1S/C32H49N3O6Si/c1-32(2,3)42(5,6)41-29-28(38-22-25-16-10-7-11-17-25)27(24-37-21-15-9-14-20-34-35-33)40-31(36-4)30(29)39-23-26-18-12-8-13-19-26/h7-8,10-13,16-19,27-31H,9,14-15,20-24H2,1-6H3/t27-,28-,29+,30-,31-/m1/s1. The van der Waals surface area contributed by atoms with Gasteiger partial charge in [0.15, 0.2) is 14.6 Å². The Balaban J connectivity index is 1.84. The average Bonchev–Trinajstić information content (AvgIpc) is 2.97. The first kappa shape index (κ1) is 34.2. The summed E-state index contributed by atoms with van der Waals surface area (Å²) in [5, 5.41) is 3.57. The molecule has 0 aromatic heterocycles. The predicted octanol–water partition coefficient (Wildman–Crippen LogP) is 7.42. The Morgan fingerprint density at radius 2 is 1.45 bits per heavy atom. The van der Waals surface area contributed by atoms with E-state index in [4.69, 9.17) is 33.6 Å². The number of hydrogen-bond donors (Lipinski definition) is 0. The predicted molar refractivity (Wildman–Crippen MR) is 166 cm³/mol. The van der Waals surface area contributed by atoms with E-state index in [0.717, 1.165) is 30.4 Å². The summed E-state index contributed by atoms with van der Waals surface area (Å²) in [6.45, 7) is 13.4. The van der Waals surface area contributed by atoms with Crippen LogP contribution in [0.2, 0.25) is 18.1 Å². The molecule has 0 amide bonds. The van der Waals surface area contributed by atoms with E-state index >= 15 is 0 Å². The molecule has 3 rings (SSSR count). The van der Waals surface area contributed by atoms with Gasteiger partial charge in [-0.2, -0.15) is 0 Å². The highest BCUT2D eigenvalue weighted by Crippen LogP contribution is 2.41. The quantitative estimate of drug-likeness (QED) is 0.0616. The monoisotopic (exact) mass is 599 g/mol. The molecule has 232 valence electrons. The molecule has 0 radical (unpaired) electrons. The van der Waals surface area contributed by atoms with Crippen molar-refractivity contribution in [1.82, 2.24) is 0 Å². The molecule has 0 bridgehead atoms. The van der Waals surface area contributed by atoms with E-state index in [-0.39, 0.29) is 5.04 Å². The normalized spacial score (nSPS) is 23.0. The summed E-state index contributed by atoms with van der Waals surface area (Å²) in [7, 11) is -0.632. The van der Waals surface area contributed by atoms with Crippen LogP contribution in [-0.4, -0.2) is 65.9 Å². The lowest BCUT2D eigenvalue weighted by molar-refractivity contribution is -0.312. The highest BCUT2D eigenvalue weighted by Gasteiger charge is 2.52. The molecule has 2 aromatic rings. The van der Waals surface area contributed by atoms with Crippen LogP contribution in [0.15, 0.2) is 65.8 Å². The summed E-state index contributed by atoms with van der Waals surface area (Å²) >= 11 is 0. The van der Waals surface area contributed by atoms with Crippen LogP contribution in [0.5, 0.6) is 0 Å². The Kier molecular flexibility index (Phi) is 14.0. The van der Waals surface area contributed by atoms with Crippen LogP contribution in [0.3, 0.4) is 0 Å². The Bertz CT molecular complexity index is 1080. The van der Waals surface area contributed by atoms with Gasteiger partial charge in [0.2, 0.25) is 0 Å². The number of unbranched alkanes of at least 4 members (excludes halogenated alkanes) is 2. The molecule has 1 aliphatic heterocycles. The molecular weight excluding hydrogens is 550 g/mol. The molecule has 0 spiro atoms. The van der Waals surface area contributed by atoms with Gasteiger partial charge in [-0.3, -0.25) is 0 Å². The maximum atomic E-state index is 8.46. The molecule has 0 aliphatic carbocycles. The summed E-state index contributed by atoms with van der Waals surface area (Å²) in [5.41, 5.74) is 10.6. The van der Waals surface area contributed by atoms with Crippen molar-refractivity contribution in [2.45, 2.75) is 102 Å². The summed E-state index contributed by atoms with van der Waals surface area (Å²) in [6, 6.07) is 20.2. The van der Waals surface area contributed by atoms with Gasteiger partial charge < -0.3 is 28.1 Å². The molecule has 5 atom stereocenters. The van der Waals surface area contributed by atoms with Crippen molar-refractivity contribution in [3.8, 4) is 0 Å². The SMILES string of the molecule is CO[C@@H]1O[C@H](COCCCCCN=[N+]=[N-])[C@@H](OCc2ccccc2)[C@H](O[Si](C)(C)C(C)(C)C)[C@H]1OCc1ccccc1. The molecule has 0 saturated carbocycles. The summed E-state index contributed by atoms with van der Waals surface area (Å²) in [6.07, 6.45) is 0.152. The van der Waals surface area contributed by atoms with Gasteiger partial charge in [-0.1, -0.05) is 93.0 Å². The van der Waals surface area contributed by atoms with Gasteiger partial charge in [0, 0.05) is 25.2 Å². The van der Waals surface area contributed by atoms with E-state index in [1.54, 1.807) is 7.11 Å². The van der Waals surface area contributed by atoms with E-state index in [2.05, 4.69) is 56.0 Å². The van der Waals surface area contributed by atoms with Crippen LogP contribution in [-0.2, 0) is 41.3 Å². The third-order valence-corrected chi connectivity index (χ3v) is 12.5. The second-order valence-corrected chi connectivity index (χ2v) is 17.0. The zero-order valence-corrected chi connectivity index (χ0v) is 27.1. The summed E-state index contributed by atoms with van der Waals surface area (Å²) < 4.78 is 38.9. The van der Waals surface area contributed by atoms with Crippen molar-refractivity contribution in [3.63, 3.8) is 0 Å². The van der Waals surface area contributed by atoms with Gasteiger partial charge in [0.25, 0.3) is 0 Å². The number of azide groups is 1. The number of methoxy groups -OCH3 is 1. The van der Waals surface area contributed by atoms with Gasteiger partial charge in [0.1, 0.15) is 24.4 Å². The van der Waals surface area contributed by atoms with Crippen LogP contribution in [0.4, 0.5) is 0 Å². The molecule has 2 aromatic carbocycles. The van der Waals surface area contributed by atoms with E-state index in [9.17, 15) is 0 Å². The minimum absolute atomic E-state index is 0.0244. The van der Waals surface area contributed by atoms with E-state index in [1.165, 1.54) is 0 Å². The summed E-state index contributed by atoms with van der Waals surface area (Å²) in [4.78, 5) is 2.81. The largest absolute Gasteiger partial charge is 0.408 e. The average molecular weight is 600 g/mol. The Hall–Kier alpha value is -2.27.